The lowest BCUT2D eigenvalue weighted by Crippen LogP contribution is -2.37. The van der Waals surface area contributed by atoms with E-state index in [4.69, 9.17) is 14.5 Å². The van der Waals surface area contributed by atoms with Crippen molar-refractivity contribution in [3.8, 4) is 11.3 Å². The number of methoxy groups -OCH3 is 1. The third-order valence-electron chi connectivity index (χ3n) is 7.23. The van der Waals surface area contributed by atoms with Crippen LogP contribution in [0.15, 0.2) is 78.9 Å². The molecule has 2 N–H and O–H groups in total. The summed E-state index contributed by atoms with van der Waals surface area (Å²) in [6.45, 7) is 5.97. The molecule has 1 aliphatic rings. The average molecular weight is 515 g/mol. The highest BCUT2D eigenvalue weighted by atomic mass is 19.1. The number of halogens is 1. The van der Waals surface area contributed by atoms with E-state index in [2.05, 4.69) is 39.8 Å². The summed E-state index contributed by atoms with van der Waals surface area (Å²) in [7, 11) is 1.71. The van der Waals surface area contributed by atoms with Gasteiger partial charge in [-0.3, -0.25) is 15.2 Å². The molecule has 0 aliphatic carbocycles. The van der Waals surface area contributed by atoms with E-state index in [0.717, 1.165) is 58.6 Å². The maximum atomic E-state index is 14.0. The molecule has 198 valence electrons. The molecular formula is C31H35FN4O2. The molecule has 1 aliphatic heterocycles. The van der Waals surface area contributed by atoms with Gasteiger partial charge in [0.15, 0.2) is 0 Å². The van der Waals surface area contributed by atoms with Crippen LogP contribution in [0.1, 0.15) is 17.2 Å². The Morgan fingerprint density at radius 1 is 0.947 bits per heavy atom. The lowest BCUT2D eigenvalue weighted by atomic mass is 9.94. The zero-order valence-corrected chi connectivity index (χ0v) is 22.0. The number of aryl methyl sites for hydroxylation is 1. The highest BCUT2D eigenvalue weighted by Crippen LogP contribution is 2.34. The number of fused-ring (bicyclic) bond motifs is 1. The molecule has 0 amide bonds. The first kappa shape index (κ1) is 26.3. The number of pyridine rings is 1. The van der Waals surface area contributed by atoms with E-state index in [1.54, 1.807) is 19.2 Å². The summed E-state index contributed by atoms with van der Waals surface area (Å²) in [6, 6.07) is 25.6. The van der Waals surface area contributed by atoms with Crippen molar-refractivity contribution in [1.82, 2.24) is 15.2 Å². The fourth-order valence-corrected chi connectivity index (χ4v) is 5.32. The maximum absolute atomic E-state index is 14.0. The molecule has 38 heavy (non-hydrogen) atoms. The predicted molar refractivity (Wildman–Crippen MR) is 151 cm³/mol. The van der Waals surface area contributed by atoms with Gasteiger partial charge in [0, 0.05) is 60.7 Å². The van der Waals surface area contributed by atoms with Crippen LogP contribution in [-0.4, -0.2) is 62.7 Å². The van der Waals surface area contributed by atoms with E-state index >= 15 is 0 Å². The number of ether oxygens (including phenoxy) is 2. The second-order valence-electron chi connectivity index (χ2n) is 9.73. The molecule has 6 nitrogen and oxygen atoms in total. The van der Waals surface area contributed by atoms with Gasteiger partial charge >= 0.3 is 0 Å². The molecule has 0 unspecified atom stereocenters. The van der Waals surface area contributed by atoms with Gasteiger partial charge in [0.2, 0.25) is 0 Å². The van der Waals surface area contributed by atoms with Crippen LogP contribution in [0.5, 0.6) is 0 Å². The molecule has 1 saturated heterocycles. The average Bonchev–Trinajstić information content (AvgIpc) is 3.36. The first-order chi connectivity index (χ1) is 18.6. The van der Waals surface area contributed by atoms with Crippen molar-refractivity contribution in [3.05, 3.63) is 95.9 Å². The lowest BCUT2D eigenvalue weighted by molar-refractivity contribution is 0.121. The summed E-state index contributed by atoms with van der Waals surface area (Å²) in [5, 5.41) is 9.28. The molecule has 1 fully saturated rings. The molecule has 3 aromatic carbocycles. The minimum atomic E-state index is -0.204. The van der Waals surface area contributed by atoms with E-state index in [1.165, 1.54) is 6.07 Å². The Bertz CT molecular complexity index is 1350. The first-order valence-corrected chi connectivity index (χ1v) is 13.1. The van der Waals surface area contributed by atoms with E-state index in [9.17, 15) is 4.39 Å². The number of nitrogens with one attached hydrogen (secondary N) is 2. The SMILES string of the molecule is COCCN1C[C@@H](NCOCNc2c(-c3ccccc3)nc(C)c3ccccc23)[C@H](c2cccc(F)c2)C1. The van der Waals surface area contributed by atoms with E-state index in [0.29, 0.717) is 20.1 Å². The molecular weight excluding hydrogens is 479 g/mol. The zero-order valence-electron chi connectivity index (χ0n) is 22.0. The minimum absolute atomic E-state index is 0.149. The smallest absolute Gasteiger partial charge is 0.123 e. The Kier molecular flexibility index (Phi) is 8.61. The van der Waals surface area contributed by atoms with Gasteiger partial charge in [-0.2, -0.15) is 0 Å². The monoisotopic (exact) mass is 514 g/mol. The quantitative estimate of drug-likeness (QED) is 0.207. The third-order valence-corrected chi connectivity index (χ3v) is 7.23. The Morgan fingerprint density at radius 3 is 2.53 bits per heavy atom. The van der Waals surface area contributed by atoms with Crippen LogP contribution in [-0.2, 0) is 9.47 Å². The van der Waals surface area contributed by atoms with Crippen LogP contribution in [0.25, 0.3) is 22.0 Å². The highest BCUT2D eigenvalue weighted by molar-refractivity contribution is 6.01. The van der Waals surface area contributed by atoms with Crippen molar-refractivity contribution in [3.63, 3.8) is 0 Å². The Balaban J connectivity index is 1.26. The van der Waals surface area contributed by atoms with Gasteiger partial charge in [-0.05, 0) is 24.6 Å². The van der Waals surface area contributed by atoms with Gasteiger partial charge in [-0.25, -0.2) is 4.39 Å². The third kappa shape index (κ3) is 6.03. The molecule has 7 heteroatoms. The van der Waals surface area contributed by atoms with Crippen LogP contribution in [0.2, 0.25) is 0 Å². The van der Waals surface area contributed by atoms with Gasteiger partial charge in [-0.1, -0.05) is 66.7 Å². The number of hydrogen-bond donors (Lipinski definition) is 2. The van der Waals surface area contributed by atoms with E-state index in [1.807, 2.05) is 43.3 Å². The number of aromatic nitrogens is 1. The summed E-state index contributed by atoms with van der Waals surface area (Å²) in [4.78, 5) is 7.29. The molecule has 0 saturated carbocycles. The van der Waals surface area contributed by atoms with E-state index in [-0.39, 0.29) is 17.8 Å². The Hall–Kier alpha value is -3.36. The molecule has 0 bridgehead atoms. The summed E-state index contributed by atoms with van der Waals surface area (Å²) in [6.07, 6.45) is 0. The van der Waals surface area contributed by atoms with Crippen LogP contribution >= 0.6 is 0 Å². The van der Waals surface area contributed by atoms with Crippen molar-refractivity contribution in [1.29, 1.82) is 0 Å². The number of benzene rings is 3. The summed E-state index contributed by atoms with van der Waals surface area (Å²) in [5.41, 5.74) is 4.93. The normalized spacial score (nSPS) is 17.8. The fourth-order valence-electron chi connectivity index (χ4n) is 5.32. The number of likely N-dealkylation sites (tertiary alicyclic amines) is 1. The molecule has 0 radical (unpaired) electrons. The molecule has 5 rings (SSSR count). The standard InChI is InChI=1S/C31H35FN4O2/c1-22-26-13-6-7-14-27(26)31(30(35-22)23-9-4-3-5-10-23)34-21-38-20-33-29-19-36(15-16-37-2)18-28(29)24-11-8-12-25(32)17-24/h3-14,17,28-29,33-34H,15-16,18-21H2,1-2H3/t28-,29+/m0/s1. The van der Waals surface area contributed by atoms with Crippen LogP contribution in [0, 0.1) is 12.7 Å². The molecule has 2 heterocycles. The number of anilines is 1. The van der Waals surface area contributed by atoms with Gasteiger partial charge in [-0.15, -0.1) is 0 Å². The predicted octanol–water partition coefficient (Wildman–Crippen LogP) is 5.40. The van der Waals surface area contributed by atoms with E-state index < -0.39 is 0 Å². The molecule has 1 aromatic heterocycles. The molecule has 4 aromatic rings. The summed E-state index contributed by atoms with van der Waals surface area (Å²) < 4.78 is 25.3. The number of hydrogen-bond acceptors (Lipinski definition) is 6. The fraction of sp³-hybridized carbons (Fsp3) is 0.323. The van der Waals surface area contributed by atoms with Crippen LogP contribution in [0.4, 0.5) is 10.1 Å². The maximum Gasteiger partial charge on any atom is 0.123 e. The van der Waals surface area contributed by atoms with Crippen molar-refractivity contribution in [2.45, 2.75) is 18.9 Å². The van der Waals surface area contributed by atoms with Crippen LogP contribution in [0.3, 0.4) is 0 Å². The first-order valence-electron chi connectivity index (χ1n) is 13.1. The zero-order chi connectivity index (χ0) is 26.3. The second-order valence-corrected chi connectivity index (χ2v) is 9.73. The van der Waals surface area contributed by atoms with Gasteiger partial charge in [0.1, 0.15) is 12.5 Å². The van der Waals surface area contributed by atoms with Gasteiger partial charge in [0.25, 0.3) is 0 Å². The largest absolute Gasteiger partial charge is 0.383 e. The van der Waals surface area contributed by atoms with Crippen LogP contribution < -0.4 is 10.6 Å². The van der Waals surface area contributed by atoms with Crippen molar-refractivity contribution in [2.24, 2.45) is 0 Å². The van der Waals surface area contributed by atoms with Crippen molar-refractivity contribution < 1.29 is 13.9 Å². The van der Waals surface area contributed by atoms with Crippen molar-refractivity contribution >= 4 is 16.5 Å². The summed E-state index contributed by atoms with van der Waals surface area (Å²) >= 11 is 0. The van der Waals surface area contributed by atoms with Gasteiger partial charge in [0.05, 0.1) is 24.7 Å². The number of rotatable bonds is 11. The minimum Gasteiger partial charge on any atom is -0.383 e. The lowest BCUT2D eigenvalue weighted by Gasteiger charge is -2.21. The van der Waals surface area contributed by atoms with Crippen molar-refractivity contribution in [2.75, 3.05) is 52.1 Å². The summed E-state index contributed by atoms with van der Waals surface area (Å²) in [5.74, 6) is -0.0285. The topological polar surface area (TPSA) is 58.7 Å². The second kappa shape index (κ2) is 12.5. The van der Waals surface area contributed by atoms with Gasteiger partial charge < -0.3 is 14.8 Å². The number of nitrogens with zero attached hydrogens (tertiary/aromatic N) is 2. The Morgan fingerprint density at radius 2 is 1.74 bits per heavy atom. The highest BCUT2D eigenvalue weighted by Gasteiger charge is 2.33. The molecule has 0 spiro atoms. The Labute approximate surface area is 223 Å². The molecule has 2 atom stereocenters.